The fourth-order valence-corrected chi connectivity index (χ4v) is 3.94. The first-order valence-electron chi connectivity index (χ1n) is 5.94. The minimum Gasteiger partial charge on any atom is -0.398 e. The zero-order valence-electron chi connectivity index (χ0n) is 10.8. The number of rotatable bonds is 4. The van der Waals surface area contributed by atoms with Gasteiger partial charge in [-0.1, -0.05) is 11.6 Å². The van der Waals surface area contributed by atoms with Gasteiger partial charge < -0.3 is 10.5 Å². The Hall–Kier alpha value is -0.820. The van der Waals surface area contributed by atoms with Crippen LogP contribution < -0.4 is 10.5 Å². The van der Waals surface area contributed by atoms with Crippen molar-refractivity contribution in [3.63, 3.8) is 0 Å². The van der Waals surface area contributed by atoms with E-state index >= 15 is 0 Å². The molecule has 0 radical (unpaired) electrons. The van der Waals surface area contributed by atoms with E-state index in [-0.39, 0.29) is 17.0 Å². The predicted octanol–water partition coefficient (Wildman–Crippen LogP) is 1.69. The van der Waals surface area contributed by atoms with E-state index < -0.39 is 10.0 Å². The normalized spacial score (nSPS) is 23.1. The van der Waals surface area contributed by atoms with Crippen molar-refractivity contribution in [2.75, 3.05) is 12.8 Å². The SMILES string of the molecule is COC1CC(NS(=O)(=O)c2cc(Cl)cc(N)c2C)C1. The molecule has 7 heteroatoms. The first kappa shape index (κ1) is 14.6. The van der Waals surface area contributed by atoms with Crippen molar-refractivity contribution in [2.45, 2.75) is 36.8 Å². The smallest absolute Gasteiger partial charge is 0.241 e. The Bertz CT molecular complexity index is 583. The summed E-state index contributed by atoms with van der Waals surface area (Å²) in [7, 11) is -1.98. The van der Waals surface area contributed by atoms with E-state index in [4.69, 9.17) is 22.1 Å². The summed E-state index contributed by atoms with van der Waals surface area (Å²) in [5.74, 6) is 0. The quantitative estimate of drug-likeness (QED) is 0.829. The minimum absolute atomic E-state index is 0.0884. The van der Waals surface area contributed by atoms with Gasteiger partial charge in [-0.3, -0.25) is 0 Å². The Balaban J connectivity index is 2.21. The van der Waals surface area contributed by atoms with Gasteiger partial charge in [-0.05, 0) is 37.5 Å². The summed E-state index contributed by atoms with van der Waals surface area (Å²) in [5, 5.41) is 0.312. The van der Waals surface area contributed by atoms with Crippen LogP contribution in [-0.4, -0.2) is 27.7 Å². The molecule has 1 aromatic rings. The third-order valence-electron chi connectivity index (χ3n) is 3.40. The lowest BCUT2D eigenvalue weighted by Gasteiger charge is -2.34. The van der Waals surface area contributed by atoms with Gasteiger partial charge in [0, 0.05) is 23.9 Å². The number of nitrogens with one attached hydrogen (secondary N) is 1. The highest BCUT2D eigenvalue weighted by Gasteiger charge is 2.33. The van der Waals surface area contributed by atoms with E-state index in [1.807, 2.05) is 0 Å². The minimum atomic E-state index is -3.60. The molecule has 0 spiro atoms. The number of nitrogen functional groups attached to an aromatic ring is 1. The van der Waals surface area contributed by atoms with Gasteiger partial charge in [0.1, 0.15) is 0 Å². The Kier molecular flexibility index (Phi) is 4.06. The van der Waals surface area contributed by atoms with Crippen molar-refractivity contribution >= 4 is 27.3 Å². The molecule has 1 fully saturated rings. The van der Waals surface area contributed by atoms with Crippen LogP contribution in [0.2, 0.25) is 5.02 Å². The lowest BCUT2D eigenvalue weighted by molar-refractivity contribution is 0.0236. The number of sulfonamides is 1. The molecule has 106 valence electrons. The summed E-state index contributed by atoms with van der Waals surface area (Å²) in [6.45, 7) is 1.67. The van der Waals surface area contributed by atoms with Crippen LogP contribution >= 0.6 is 11.6 Å². The largest absolute Gasteiger partial charge is 0.398 e. The van der Waals surface area contributed by atoms with Crippen molar-refractivity contribution in [1.82, 2.24) is 4.72 Å². The van der Waals surface area contributed by atoms with Crippen molar-refractivity contribution in [3.05, 3.63) is 22.7 Å². The van der Waals surface area contributed by atoms with Crippen LogP contribution in [0.3, 0.4) is 0 Å². The monoisotopic (exact) mass is 304 g/mol. The van der Waals surface area contributed by atoms with Gasteiger partial charge in [-0.15, -0.1) is 0 Å². The molecule has 1 saturated carbocycles. The van der Waals surface area contributed by atoms with Gasteiger partial charge in [-0.25, -0.2) is 13.1 Å². The molecular weight excluding hydrogens is 288 g/mol. The fraction of sp³-hybridized carbons (Fsp3) is 0.500. The highest BCUT2D eigenvalue weighted by Crippen LogP contribution is 2.28. The summed E-state index contributed by atoms with van der Waals surface area (Å²) >= 11 is 5.87. The molecule has 1 aliphatic carbocycles. The average Bonchev–Trinajstić information content (AvgIpc) is 2.27. The second kappa shape index (κ2) is 5.28. The summed E-state index contributed by atoms with van der Waals surface area (Å²) in [6, 6.07) is 2.87. The number of halogens is 1. The molecular formula is C12H17ClN2O3S. The Morgan fingerprint density at radius 2 is 2.05 bits per heavy atom. The first-order valence-corrected chi connectivity index (χ1v) is 7.80. The van der Waals surface area contributed by atoms with Crippen molar-refractivity contribution < 1.29 is 13.2 Å². The van der Waals surface area contributed by atoms with Gasteiger partial charge in [-0.2, -0.15) is 0 Å². The summed E-state index contributed by atoms with van der Waals surface area (Å²) in [6.07, 6.45) is 1.51. The van der Waals surface area contributed by atoms with E-state index in [1.165, 1.54) is 6.07 Å². The Labute approximate surface area is 118 Å². The van der Waals surface area contributed by atoms with Crippen LogP contribution in [0.4, 0.5) is 5.69 Å². The molecule has 0 saturated heterocycles. The van der Waals surface area contributed by atoms with Gasteiger partial charge in [0.15, 0.2) is 0 Å². The van der Waals surface area contributed by atoms with E-state index in [2.05, 4.69) is 4.72 Å². The lowest BCUT2D eigenvalue weighted by atomic mass is 9.90. The average molecular weight is 305 g/mol. The van der Waals surface area contributed by atoms with Crippen LogP contribution in [-0.2, 0) is 14.8 Å². The summed E-state index contributed by atoms with van der Waals surface area (Å²) in [4.78, 5) is 0.137. The molecule has 0 bridgehead atoms. The van der Waals surface area contributed by atoms with E-state index in [0.29, 0.717) is 29.1 Å². The molecule has 19 heavy (non-hydrogen) atoms. The fourth-order valence-electron chi connectivity index (χ4n) is 2.09. The van der Waals surface area contributed by atoms with E-state index in [0.717, 1.165) is 0 Å². The molecule has 1 aromatic carbocycles. The highest BCUT2D eigenvalue weighted by atomic mass is 35.5. The van der Waals surface area contributed by atoms with E-state index in [1.54, 1.807) is 20.1 Å². The molecule has 0 atom stereocenters. The van der Waals surface area contributed by atoms with Gasteiger partial charge in [0.05, 0.1) is 11.0 Å². The molecule has 5 nitrogen and oxygen atoms in total. The lowest BCUT2D eigenvalue weighted by Crippen LogP contribution is -2.47. The van der Waals surface area contributed by atoms with Crippen molar-refractivity contribution in [3.8, 4) is 0 Å². The second-order valence-corrected chi connectivity index (χ2v) is 6.88. The molecule has 0 unspecified atom stereocenters. The van der Waals surface area contributed by atoms with Crippen molar-refractivity contribution in [2.24, 2.45) is 0 Å². The third kappa shape index (κ3) is 3.02. The third-order valence-corrected chi connectivity index (χ3v) is 5.27. The molecule has 0 aromatic heterocycles. The van der Waals surface area contributed by atoms with Crippen molar-refractivity contribution in [1.29, 1.82) is 0 Å². The molecule has 1 aliphatic rings. The number of benzene rings is 1. The van der Waals surface area contributed by atoms with Crippen LogP contribution in [0.15, 0.2) is 17.0 Å². The van der Waals surface area contributed by atoms with E-state index in [9.17, 15) is 8.42 Å². The standard InChI is InChI=1S/C12H17ClN2O3S/c1-7-11(14)3-8(13)4-12(7)19(16,17)15-9-5-10(6-9)18-2/h3-4,9-10,15H,5-6,14H2,1-2H3. The number of anilines is 1. The second-order valence-electron chi connectivity index (χ2n) is 4.77. The molecule has 0 aliphatic heterocycles. The maximum Gasteiger partial charge on any atom is 0.241 e. The molecule has 0 heterocycles. The summed E-state index contributed by atoms with van der Waals surface area (Å²) < 4.78 is 32.3. The maximum absolute atomic E-state index is 12.3. The van der Waals surface area contributed by atoms with Crippen LogP contribution in [0.25, 0.3) is 0 Å². The topological polar surface area (TPSA) is 81.4 Å². The summed E-state index contributed by atoms with van der Waals surface area (Å²) in [5.41, 5.74) is 6.63. The first-order chi connectivity index (χ1) is 8.83. The zero-order valence-corrected chi connectivity index (χ0v) is 12.4. The van der Waals surface area contributed by atoms with Crippen LogP contribution in [0.1, 0.15) is 18.4 Å². The number of methoxy groups -OCH3 is 1. The maximum atomic E-state index is 12.3. The van der Waals surface area contributed by atoms with Crippen LogP contribution in [0, 0.1) is 6.92 Å². The number of hydrogen-bond donors (Lipinski definition) is 2. The van der Waals surface area contributed by atoms with Gasteiger partial charge in [0.2, 0.25) is 10.0 Å². The predicted molar refractivity (Wildman–Crippen MR) is 74.7 cm³/mol. The number of hydrogen-bond acceptors (Lipinski definition) is 4. The van der Waals surface area contributed by atoms with Gasteiger partial charge in [0.25, 0.3) is 0 Å². The van der Waals surface area contributed by atoms with Crippen LogP contribution in [0.5, 0.6) is 0 Å². The highest BCUT2D eigenvalue weighted by molar-refractivity contribution is 7.89. The zero-order chi connectivity index (χ0) is 14.2. The molecule has 0 amide bonds. The Morgan fingerprint density at radius 3 is 2.63 bits per heavy atom. The molecule has 2 rings (SSSR count). The Morgan fingerprint density at radius 1 is 1.42 bits per heavy atom. The molecule has 3 N–H and O–H groups in total. The number of ether oxygens (including phenoxy) is 1. The van der Waals surface area contributed by atoms with Gasteiger partial charge >= 0.3 is 0 Å². The number of nitrogens with two attached hydrogens (primary N) is 1.